The molecule has 0 aliphatic heterocycles. The summed E-state index contributed by atoms with van der Waals surface area (Å²) in [5.41, 5.74) is 0.632. The van der Waals surface area contributed by atoms with Gasteiger partial charge in [0.2, 0.25) is 0 Å². The molecule has 2 aromatic rings. The second-order valence-electron chi connectivity index (χ2n) is 3.67. The number of Topliss-reactive ketones (excluding diaryl/α,β-unsaturated/α-hetero) is 1. The maximum Gasteiger partial charge on any atom is 0.573 e. The molecule has 0 saturated heterocycles. The number of nitrogens with zero attached hydrogens (tertiary/aromatic N) is 1. The number of thiazole rings is 1. The lowest BCUT2D eigenvalue weighted by Crippen LogP contribution is -2.17. The average molecular weight is 322 g/mol. The molecule has 0 bridgehead atoms. The van der Waals surface area contributed by atoms with Gasteiger partial charge >= 0.3 is 6.36 Å². The Balaban J connectivity index is 2.27. The van der Waals surface area contributed by atoms with Crippen LogP contribution in [0.1, 0.15) is 10.5 Å². The molecule has 0 spiro atoms. The number of alkyl halides is 4. The summed E-state index contributed by atoms with van der Waals surface area (Å²) in [5, 5.41) is 1.93. The zero-order valence-corrected chi connectivity index (χ0v) is 11.4. The van der Waals surface area contributed by atoms with Gasteiger partial charge < -0.3 is 4.74 Å². The molecule has 8 heteroatoms. The van der Waals surface area contributed by atoms with E-state index in [1.165, 1.54) is 23.6 Å². The lowest BCUT2D eigenvalue weighted by atomic mass is 10.2. The van der Waals surface area contributed by atoms with Crippen LogP contribution >= 0.6 is 22.9 Å². The molecule has 0 amide bonds. The Kier molecular flexibility index (Phi) is 4.29. The third-order valence-electron chi connectivity index (χ3n) is 2.23. The minimum atomic E-state index is -4.75. The molecule has 0 unspecified atom stereocenters. The Labute approximate surface area is 121 Å². The Morgan fingerprint density at radius 2 is 2.15 bits per heavy atom. The fourth-order valence-electron chi connectivity index (χ4n) is 1.43. The maximum absolute atomic E-state index is 12.1. The molecule has 2 rings (SSSR count). The van der Waals surface area contributed by atoms with Gasteiger partial charge in [-0.1, -0.05) is 12.1 Å². The van der Waals surface area contributed by atoms with E-state index in [-0.39, 0.29) is 23.1 Å². The zero-order chi connectivity index (χ0) is 14.8. The second-order valence-corrected chi connectivity index (χ2v) is 4.80. The van der Waals surface area contributed by atoms with Gasteiger partial charge in [0.25, 0.3) is 0 Å². The van der Waals surface area contributed by atoms with E-state index in [1.807, 2.05) is 0 Å². The fraction of sp³-hybridized carbons (Fsp3) is 0.167. The van der Waals surface area contributed by atoms with Gasteiger partial charge in [0.1, 0.15) is 16.5 Å². The lowest BCUT2D eigenvalue weighted by Gasteiger charge is -2.09. The Bertz CT molecular complexity index is 627. The summed E-state index contributed by atoms with van der Waals surface area (Å²) in [5.74, 6) is -0.868. The molecular weight excluding hydrogens is 315 g/mol. The summed E-state index contributed by atoms with van der Waals surface area (Å²) in [7, 11) is 0. The van der Waals surface area contributed by atoms with Gasteiger partial charge in [-0.25, -0.2) is 4.98 Å². The molecule has 0 fully saturated rings. The van der Waals surface area contributed by atoms with E-state index in [4.69, 9.17) is 11.6 Å². The normalized spacial score (nSPS) is 11.4. The van der Waals surface area contributed by atoms with Crippen LogP contribution < -0.4 is 4.74 Å². The Morgan fingerprint density at radius 1 is 1.40 bits per heavy atom. The van der Waals surface area contributed by atoms with Gasteiger partial charge in [-0.15, -0.1) is 36.1 Å². The summed E-state index contributed by atoms with van der Waals surface area (Å²) < 4.78 is 40.2. The first-order valence-corrected chi connectivity index (χ1v) is 6.71. The van der Waals surface area contributed by atoms with Crippen molar-refractivity contribution in [3.63, 3.8) is 0 Å². The van der Waals surface area contributed by atoms with E-state index in [2.05, 4.69) is 9.72 Å². The van der Waals surface area contributed by atoms with Crippen molar-refractivity contribution in [2.24, 2.45) is 0 Å². The molecule has 1 aromatic carbocycles. The maximum atomic E-state index is 12.1. The molecule has 0 N–H and O–H groups in total. The van der Waals surface area contributed by atoms with Gasteiger partial charge in [-0.2, -0.15) is 0 Å². The number of carbonyl (C=O) groups is 1. The van der Waals surface area contributed by atoms with Gasteiger partial charge in [-0.05, 0) is 12.1 Å². The predicted molar refractivity (Wildman–Crippen MR) is 69.3 cm³/mol. The number of hydrogen-bond acceptors (Lipinski definition) is 4. The number of benzene rings is 1. The van der Waals surface area contributed by atoms with Crippen molar-refractivity contribution < 1.29 is 22.7 Å². The van der Waals surface area contributed by atoms with Gasteiger partial charge in [0, 0.05) is 10.9 Å². The van der Waals surface area contributed by atoms with Crippen LogP contribution in [0.15, 0.2) is 29.6 Å². The van der Waals surface area contributed by atoms with Crippen LogP contribution in [0.3, 0.4) is 0 Å². The minimum Gasteiger partial charge on any atom is -0.406 e. The number of halogens is 4. The molecule has 106 valence electrons. The van der Waals surface area contributed by atoms with Crippen LogP contribution in [0.25, 0.3) is 10.6 Å². The van der Waals surface area contributed by atoms with Crippen LogP contribution in [0.2, 0.25) is 0 Å². The molecule has 0 aliphatic carbocycles. The van der Waals surface area contributed by atoms with Gasteiger partial charge in [0.05, 0.1) is 5.88 Å². The highest BCUT2D eigenvalue weighted by Gasteiger charge is 2.31. The van der Waals surface area contributed by atoms with Crippen LogP contribution in [-0.2, 0) is 0 Å². The van der Waals surface area contributed by atoms with Crippen molar-refractivity contribution in [3.8, 4) is 16.3 Å². The summed E-state index contributed by atoms with van der Waals surface area (Å²) in [6.45, 7) is 0. The van der Waals surface area contributed by atoms with Crippen molar-refractivity contribution >= 4 is 28.7 Å². The van der Waals surface area contributed by atoms with Crippen LogP contribution in [0.5, 0.6) is 5.75 Å². The van der Waals surface area contributed by atoms with Crippen molar-refractivity contribution in [3.05, 3.63) is 35.3 Å². The summed E-state index contributed by atoms with van der Waals surface area (Å²) in [6.07, 6.45) is -4.75. The highest BCUT2D eigenvalue weighted by Crippen LogP contribution is 2.29. The highest BCUT2D eigenvalue weighted by atomic mass is 35.5. The van der Waals surface area contributed by atoms with Crippen LogP contribution in [0, 0.1) is 0 Å². The van der Waals surface area contributed by atoms with Crippen molar-refractivity contribution in [2.75, 3.05) is 5.88 Å². The number of aromatic nitrogens is 1. The third-order valence-corrected chi connectivity index (χ3v) is 3.36. The first-order chi connectivity index (χ1) is 9.39. The van der Waals surface area contributed by atoms with E-state index in [0.717, 1.165) is 11.3 Å². The number of carbonyl (C=O) groups excluding carboxylic acids is 1. The monoisotopic (exact) mass is 321 g/mol. The SMILES string of the molecule is O=C(CCl)c1csc(-c2cccc(OC(F)(F)F)c2)n1. The molecule has 0 radical (unpaired) electrons. The molecule has 0 saturated carbocycles. The third kappa shape index (κ3) is 3.71. The quantitative estimate of drug-likeness (QED) is 0.628. The first kappa shape index (κ1) is 14.8. The molecule has 1 heterocycles. The molecule has 0 aliphatic rings. The van der Waals surface area contributed by atoms with Gasteiger partial charge in [-0.3, -0.25) is 4.79 Å². The smallest absolute Gasteiger partial charge is 0.406 e. The predicted octanol–water partition coefficient (Wildman–Crippen LogP) is 4.13. The largest absolute Gasteiger partial charge is 0.573 e. The standard InChI is InChI=1S/C12H7ClF3NO2S/c13-5-10(18)9-6-20-11(17-9)7-2-1-3-8(4-7)19-12(14,15)16/h1-4,6H,5H2. The lowest BCUT2D eigenvalue weighted by molar-refractivity contribution is -0.274. The molecule has 20 heavy (non-hydrogen) atoms. The van der Waals surface area contributed by atoms with Crippen molar-refractivity contribution in [2.45, 2.75) is 6.36 Å². The molecule has 0 atom stereocenters. The topological polar surface area (TPSA) is 39.2 Å². The van der Waals surface area contributed by atoms with E-state index < -0.39 is 6.36 Å². The fourth-order valence-corrected chi connectivity index (χ4v) is 2.39. The highest BCUT2D eigenvalue weighted by molar-refractivity contribution is 7.13. The number of ether oxygens (including phenoxy) is 1. The number of ketones is 1. The van der Waals surface area contributed by atoms with E-state index >= 15 is 0 Å². The van der Waals surface area contributed by atoms with E-state index in [1.54, 1.807) is 6.07 Å². The zero-order valence-electron chi connectivity index (χ0n) is 9.78. The van der Waals surface area contributed by atoms with Crippen molar-refractivity contribution in [1.82, 2.24) is 4.98 Å². The molecule has 3 nitrogen and oxygen atoms in total. The minimum absolute atomic E-state index is 0.194. The van der Waals surface area contributed by atoms with Crippen molar-refractivity contribution in [1.29, 1.82) is 0 Å². The Hall–Kier alpha value is -1.60. The van der Waals surface area contributed by atoms with E-state index in [0.29, 0.717) is 10.6 Å². The first-order valence-electron chi connectivity index (χ1n) is 5.30. The average Bonchev–Trinajstić information content (AvgIpc) is 2.85. The summed E-state index contributed by atoms with van der Waals surface area (Å²) in [6, 6.07) is 5.40. The van der Waals surface area contributed by atoms with Gasteiger partial charge in [0.15, 0.2) is 5.78 Å². The summed E-state index contributed by atoms with van der Waals surface area (Å²) in [4.78, 5) is 15.4. The van der Waals surface area contributed by atoms with Crippen LogP contribution in [0.4, 0.5) is 13.2 Å². The second kappa shape index (κ2) is 5.80. The van der Waals surface area contributed by atoms with Crippen LogP contribution in [-0.4, -0.2) is 23.0 Å². The molecule has 1 aromatic heterocycles. The van der Waals surface area contributed by atoms with E-state index in [9.17, 15) is 18.0 Å². The number of rotatable bonds is 4. The molecular formula is C12H7ClF3NO2S. The summed E-state index contributed by atoms with van der Waals surface area (Å²) >= 11 is 6.56. The number of hydrogen-bond donors (Lipinski definition) is 0. The Morgan fingerprint density at radius 3 is 2.80 bits per heavy atom.